The van der Waals surface area contributed by atoms with Gasteiger partial charge in [0.25, 0.3) is 11.5 Å². The summed E-state index contributed by atoms with van der Waals surface area (Å²) in [5.74, 6) is -0.393. The maximum Gasteiger partial charge on any atom is 0.272 e. The molecule has 0 bridgehead atoms. The van der Waals surface area contributed by atoms with Crippen LogP contribution in [-0.4, -0.2) is 15.7 Å². The lowest BCUT2D eigenvalue weighted by molar-refractivity contribution is 0.0932. The average Bonchev–Trinajstić information content (AvgIpc) is 2.64. The molecule has 1 heterocycles. The van der Waals surface area contributed by atoms with Crippen LogP contribution < -0.4 is 10.9 Å². The summed E-state index contributed by atoms with van der Waals surface area (Å²) in [5, 5.41) is 8.02. The molecular weight excluding hydrogens is 385 g/mol. The van der Waals surface area contributed by atoms with Gasteiger partial charge in [-0.15, -0.1) is 0 Å². The van der Waals surface area contributed by atoms with Crippen LogP contribution in [0.1, 0.15) is 34.6 Å². The van der Waals surface area contributed by atoms with Crippen molar-refractivity contribution in [2.45, 2.75) is 19.5 Å². The molecule has 1 N–H and O–H groups in total. The predicted molar refractivity (Wildman–Crippen MR) is 106 cm³/mol. The molecule has 0 fully saturated rings. The van der Waals surface area contributed by atoms with E-state index in [0.717, 1.165) is 11.1 Å². The minimum absolute atomic E-state index is 0.155. The van der Waals surface area contributed by atoms with Gasteiger partial charge in [-0.3, -0.25) is 9.59 Å². The zero-order valence-corrected chi connectivity index (χ0v) is 16.0. The first-order valence-corrected chi connectivity index (χ1v) is 9.07. The van der Waals surface area contributed by atoms with Gasteiger partial charge in [0, 0.05) is 16.1 Å². The van der Waals surface area contributed by atoms with E-state index < -0.39 is 5.91 Å². The summed E-state index contributed by atoms with van der Waals surface area (Å²) < 4.78 is 1.27. The molecule has 3 aromatic rings. The number of nitrogens with one attached hydrogen (secondary N) is 1. The van der Waals surface area contributed by atoms with Crippen molar-refractivity contribution in [2.75, 3.05) is 0 Å². The largest absolute Gasteiger partial charge is 0.344 e. The van der Waals surface area contributed by atoms with Crippen LogP contribution >= 0.6 is 23.2 Å². The van der Waals surface area contributed by atoms with Gasteiger partial charge < -0.3 is 5.32 Å². The number of carbonyl (C=O) groups is 1. The number of benzene rings is 2. The van der Waals surface area contributed by atoms with E-state index in [1.54, 1.807) is 18.2 Å². The van der Waals surface area contributed by atoms with Gasteiger partial charge in [-0.25, -0.2) is 4.68 Å². The van der Waals surface area contributed by atoms with Gasteiger partial charge in [0.2, 0.25) is 0 Å². The van der Waals surface area contributed by atoms with Crippen molar-refractivity contribution in [1.29, 1.82) is 0 Å². The quantitative estimate of drug-likeness (QED) is 0.699. The molecular formula is C20H17Cl2N3O2. The third-order valence-electron chi connectivity index (χ3n) is 4.05. The second kappa shape index (κ2) is 8.37. The minimum atomic E-state index is -0.393. The summed E-state index contributed by atoms with van der Waals surface area (Å²) in [6.07, 6.45) is 0. The zero-order valence-electron chi connectivity index (χ0n) is 14.5. The standard InChI is InChI=1S/C20H17Cl2N3O2/c1-13(16-8-7-15(21)11-17(16)22)23-20(27)18-9-10-19(26)25(24-18)12-14-5-3-2-4-6-14/h2-11,13H,12H2,1H3,(H,23,27)/t13-/m1/s1. The van der Waals surface area contributed by atoms with Crippen molar-refractivity contribution in [3.8, 4) is 0 Å². The SMILES string of the molecule is C[C@@H](NC(=O)c1ccc(=O)n(Cc2ccccc2)n1)c1ccc(Cl)cc1Cl. The molecule has 138 valence electrons. The third-order valence-corrected chi connectivity index (χ3v) is 4.61. The Hall–Kier alpha value is -2.63. The fraction of sp³-hybridized carbons (Fsp3) is 0.150. The fourth-order valence-electron chi connectivity index (χ4n) is 2.64. The van der Waals surface area contributed by atoms with Crippen molar-refractivity contribution in [2.24, 2.45) is 0 Å². The number of rotatable bonds is 5. The summed E-state index contributed by atoms with van der Waals surface area (Å²) in [5.41, 5.74) is 1.55. The Morgan fingerprint density at radius 3 is 2.56 bits per heavy atom. The number of aromatic nitrogens is 2. The molecule has 0 aliphatic heterocycles. The number of halogens is 2. The number of nitrogens with zero attached hydrogens (tertiary/aromatic N) is 2. The summed E-state index contributed by atoms with van der Waals surface area (Å²) in [7, 11) is 0. The van der Waals surface area contributed by atoms with Gasteiger partial charge in [0.05, 0.1) is 12.6 Å². The number of hydrogen-bond donors (Lipinski definition) is 1. The summed E-state index contributed by atoms with van der Waals surface area (Å²) in [6, 6.07) is 17.0. The smallest absolute Gasteiger partial charge is 0.272 e. The first kappa shape index (κ1) is 19.1. The van der Waals surface area contributed by atoms with Crippen LogP contribution in [0.3, 0.4) is 0 Å². The molecule has 1 atom stereocenters. The zero-order chi connectivity index (χ0) is 19.4. The highest BCUT2D eigenvalue weighted by Gasteiger charge is 2.16. The molecule has 1 aromatic heterocycles. The Bertz CT molecular complexity index is 1020. The first-order valence-electron chi connectivity index (χ1n) is 8.32. The molecule has 0 unspecified atom stereocenters. The Kier molecular flexibility index (Phi) is 5.94. The predicted octanol–water partition coefficient (Wildman–Crippen LogP) is 4.09. The highest BCUT2D eigenvalue weighted by atomic mass is 35.5. The lowest BCUT2D eigenvalue weighted by Crippen LogP contribution is -2.31. The molecule has 7 heteroatoms. The molecule has 0 radical (unpaired) electrons. The van der Waals surface area contributed by atoms with Crippen molar-refractivity contribution >= 4 is 29.1 Å². The first-order chi connectivity index (χ1) is 12.9. The van der Waals surface area contributed by atoms with Gasteiger partial charge in [0.1, 0.15) is 5.69 Å². The van der Waals surface area contributed by atoms with Crippen LogP contribution in [0.2, 0.25) is 10.0 Å². The van der Waals surface area contributed by atoms with Crippen LogP contribution in [0, 0.1) is 0 Å². The van der Waals surface area contributed by atoms with Crippen LogP contribution in [-0.2, 0) is 6.54 Å². The summed E-state index contributed by atoms with van der Waals surface area (Å²) >= 11 is 12.1. The fourth-order valence-corrected chi connectivity index (χ4v) is 3.21. The van der Waals surface area contributed by atoms with Crippen LogP contribution in [0.25, 0.3) is 0 Å². The monoisotopic (exact) mass is 401 g/mol. The van der Waals surface area contributed by atoms with Gasteiger partial charge in [0.15, 0.2) is 0 Å². The number of carbonyl (C=O) groups excluding carboxylic acids is 1. The molecule has 0 saturated carbocycles. The van der Waals surface area contributed by atoms with E-state index in [-0.39, 0.29) is 17.3 Å². The van der Waals surface area contributed by atoms with Crippen LogP contribution in [0.15, 0.2) is 65.5 Å². The summed E-state index contributed by atoms with van der Waals surface area (Å²) in [4.78, 5) is 24.6. The van der Waals surface area contributed by atoms with Gasteiger partial charge in [-0.2, -0.15) is 5.10 Å². The maximum atomic E-state index is 12.6. The van der Waals surface area contributed by atoms with E-state index in [1.165, 1.54) is 16.8 Å². The Morgan fingerprint density at radius 1 is 1.11 bits per heavy atom. The molecule has 0 saturated heterocycles. The lowest BCUT2D eigenvalue weighted by atomic mass is 10.1. The van der Waals surface area contributed by atoms with Gasteiger partial charge in [-0.1, -0.05) is 59.6 Å². The second-order valence-electron chi connectivity index (χ2n) is 6.06. The van der Waals surface area contributed by atoms with E-state index in [4.69, 9.17) is 23.2 Å². The summed E-state index contributed by atoms with van der Waals surface area (Å²) in [6.45, 7) is 2.10. The Morgan fingerprint density at radius 2 is 1.85 bits per heavy atom. The molecule has 1 amide bonds. The van der Waals surface area contributed by atoms with Crippen molar-refractivity contribution < 1.29 is 4.79 Å². The van der Waals surface area contributed by atoms with E-state index in [0.29, 0.717) is 16.6 Å². The van der Waals surface area contributed by atoms with E-state index in [9.17, 15) is 9.59 Å². The lowest BCUT2D eigenvalue weighted by Gasteiger charge is -2.16. The third kappa shape index (κ3) is 4.76. The van der Waals surface area contributed by atoms with Gasteiger partial charge in [-0.05, 0) is 36.2 Å². The van der Waals surface area contributed by atoms with E-state index in [2.05, 4.69) is 10.4 Å². The minimum Gasteiger partial charge on any atom is -0.344 e. The number of amides is 1. The number of hydrogen-bond acceptors (Lipinski definition) is 3. The highest BCUT2D eigenvalue weighted by Crippen LogP contribution is 2.26. The van der Waals surface area contributed by atoms with E-state index in [1.807, 2.05) is 37.3 Å². The molecule has 0 aliphatic rings. The van der Waals surface area contributed by atoms with Crippen LogP contribution in [0.4, 0.5) is 0 Å². The Labute approximate surface area is 166 Å². The van der Waals surface area contributed by atoms with Crippen molar-refractivity contribution in [1.82, 2.24) is 15.1 Å². The maximum absolute atomic E-state index is 12.6. The van der Waals surface area contributed by atoms with Gasteiger partial charge >= 0.3 is 0 Å². The molecule has 0 spiro atoms. The van der Waals surface area contributed by atoms with E-state index >= 15 is 0 Å². The van der Waals surface area contributed by atoms with Crippen molar-refractivity contribution in [3.05, 3.63) is 97.9 Å². The average molecular weight is 402 g/mol. The Balaban J connectivity index is 1.78. The van der Waals surface area contributed by atoms with Crippen molar-refractivity contribution in [3.63, 3.8) is 0 Å². The molecule has 3 rings (SSSR count). The molecule has 27 heavy (non-hydrogen) atoms. The topological polar surface area (TPSA) is 64.0 Å². The van der Waals surface area contributed by atoms with Crippen LogP contribution in [0.5, 0.6) is 0 Å². The second-order valence-corrected chi connectivity index (χ2v) is 6.90. The highest BCUT2D eigenvalue weighted by molar-refractivity contribution is 6.35. The molecule has 2 aromatic carbocycles. The molecule has 0 aliphatic carbocycles. The normalized spacial score (nSPS) is 11.8. The molecule has 5 nitrogen and oxygen atoms in total.